The first-order valence-corrected chi connectivity index (χ1v) is 5.81. The summed E-state index contributed by atoms with van der Waals surface area (Å²) in [4.78, 5) is 0. The van der Waals surface area contributed by atoms with Crippen LogP contribution in [-0.4, -0.2) is 30.1 Å². The molecule has 0 saturated heterocycles. The van der Waals surface area contributed by atoms with Crippen molar-refractivity contribution in [1.29, 1.82) is 0 Å². The first-order chi connectivity index (χ1) is 5.42. The summed E-state index contributed by atoms with van der Waals surface area (Å²) in [5, 5.41) is 8.72. The van der Waals surface area contributed by atoms with Crippen LogP contribution in [-0.2, 0) is 9.84 Å². The summed E-state index contributed by atoms with van der Waals surface area (Å²) in [7, 11) is -3.10. The van der Waals surface area contributed by atoms with E-state index in [0.717, 1.165) is 19.3 Å². The van der Waals surface area contributed by atoms with Gasteiger partial charge in [-0.15, -0.1) is 0 Å². The van der Waals surface area contributed by atoms with Gasteiger partial charge in [-0.25, -0.2) is 8.42 Å². The molecule has 1 fully saturated rings. The Morgan fingerprint density at radius 1 is 1.42 bits per heavy atom. The van der Waals surface area contributed by atoms with E-state index in [1.54, 1.807) is 13.8 Å². The van der Waals surface area contributed by atoms with Crippen molar-refractivity contribution in [1.82, 2.24) is 0 Å². The van der Waals surface area contributed by atoms with Crippen LogP contribution in [0.15, 0.2) is 0 Å². The fourth-order valence-electron chi connectivity index (χ4n) is 1.22. The van der Waals surface area contributed by atoms with E-state index < -0.39 is 14.6 Å². The molecule has 0 unspecified atom stereocenters. The van der Waals surface area contributed by atoms with Gasteiger partial charge in [0.15, 0.2) is 9.84 Å². The molecule has 0 aromatic heterocycles. The molecule has 0 radical (unpaired) electrons. The Bertz CT molecular complexity index is 249. The Labute approximate surface area is 73.7 Å². The summed E-state index contributed by atoms with van der Waals surface area (Å²) in [5.41, 5.74) is 0. The Kier molecular flexibility index (Phi) is 2.50. The third-order valence-corrected chi connectivity index (χ3v) is 5.66. The standard InChI is InChI=1S/C8H16O3S/c1-8(2,6-9)12(10,11)7-4-3-5-7/h7,9H,3-6H2,1-2H3. The maximum atomic E-state index is 11.7. The molecule has 1 N–H and O–H groups in total. The lowest BCUT2D eigenvalue weighted by molar-refractivity contribution is 0.255. The largest absolute Gasteiger partial charge is 0.395 e. The van der Waals surface area contributed by atoms with E-state index in [0.29, 0.717) is 0 Å². The van der Waals surface area contributed by atoms with Gasteiger partial charge in [0.05, 0.1) is 16.6 Å². The molecule has 0 heterocycles. The SMILES string of the molecule is CC(C)(CO)S(=O)(=O)C1CCC1. The first-order valence-electron chi connectivity index (χ1n) is 4.26. The Hall–Kier alpha value is -0.0900. The number of rotatable bonds is 3. The molecule has 3 nitrogen and oxygen atoms in total. The zero-order chi connectivity index (χ0) is 9.41. The number of aliphatic hydroxyl groups is 1. The molecule has 0 aliphatic heterocycles. The van der Waals surface area contributed by atoms with Crippen LogP contribution < -0.4 is 0 Å². The van der Waals surface area contributed by atoms with Gasteiger partial charge in [-0.3, -0.25) is 0 Å². The van der Waals surface area contributed by atoms with Crippen LogP contribution in [0.25, 0.3) is 0 Å². The summed E-state index contributed by atoms with van der Waals surface area (Å²) in [6.45, 7) is 2.88. The zero-order valence-electron chi connectivity index (χ0n) is 7.58. The van der Waals surface area contributed by atoms with Gasteiger partial charge in [0.25, 0.3) is 0 Å². The van der Waals surface area contributed by atoms with Crippen molar-refractivity contribution in [3.63, 3.8) is 0 Å². The van der Waals surface area contributed by atoms with E-state index >= 15 is 0 Å². The fraction of sp³-hybridized carbons (Fsp3) is 1.00. The van der Waals surface area contributed by atoms with E-state index in [2.05, 4.69) is 0 Å². The van der Waals surface area contributed by atoms with E-state index in [1.165, 1.54) is 0 Å². The van der Waals surface area contributed by atoms with Crippen LogP contribution in [0, 0.1) is 0 Å². The van der Waals surface area contributed by atoms with Gasteiger partial charge in [0, 0.05) is 0 Å². The summed E-state index contributed by atoms with van der Waals surface area (Å²) in [6.07, 6.45) is 2.54. The van der Waals surface area contributed by atoms with E-state index in [9.17, 15) is 8.42 Å². The molecule has 1 rings (SSSR count). The minimum atomic E-state index is -3.10. The van der Waals surface area contributed by atoms with Gasteiger partial charge in [-0.05, 0) is 26.7 Å². The maximum absolute atomic E-state index is 11.7. The molecule has 1 aliphatic rings. The van der Waals surface area contributed by atoms with Crippen LogP contribution >= 0.6 is 0 Å². The van der Waals surface area contributed by atoms with E-state index in [4.69, 9.17) is 5.11 Å². The van der Waals surface area contributed by atoms with Crippen molar-refractivity contribution in [2.75, 3.05) is 6.61 Å². The average molecular weight is 192 g/mol. The van der Waals surface area contributed by atoms with Crippen molar-refractivity contribution in [3.8, 4) is 0 Å². The second-order valence-corrected chi connectivity index (χ2v) is 6.88. The molecule has 1 aliphatic carbocycles. The van der Waals surface area contributed by atoms with Crippen LogP contribution in [0.4, 0.5) is 0 Å². The van der Waals surface area contributed by atoms with Gasteiger partial charge in [0.2, 0.25) is 0 Å². The fourth-order valence-corrected chi connectivity index (χ4v) is 3.26. The maximum Gasteiger partial charge on any atom is 0.160 e. The first kappa shape index (κ1) is 9.99. The van der Waals surface area contributed by atoms with Crippen LogP contribution in [0.2, 0.25) is 0 Å². The molecule has 0 atom stereocenters. The van der Waals surface area contributed by atoms with Gasteiger partial charge in [-0.2, -0.15) is 0 Å². The van der Waals surface area contributed by atoms with Gasteiger partial charge < -0.3 is 5.11 Å². The molecule has 0 aromatic carbocycles. The Morgan fingerprint density at radius 3 is 2.17 bits per heavy atom. The van der Waals surface area contributed by atoms with E-state index in [-0.39, 0.29) is 11.9 Å². The summed E-state index contributed by atoms with van der Waals surface area (Å²) >= 11 is 0. The summed E-state index contributed by atoms with van der Waals surface area (Å²) < 4.78 is 22.5. The summed E-state index contributed by atoms with van der Waals surface area (Å²) in [6, 6.07) is 0. The van der Waals surface area contributed by atoms with Crippen molar-refractivity contribution >= 4 is 9.84 Å². The Morgan fingerprint density at radius 2 is 1.92 bits per heavy atom. The molecular formula is C8H16O3S. The van der Waals surface area contributed by atoms with Crippen LogP contribution in [0.3, 0.4) is 0 Å². The van der Waals surface area contributed by atoms with Gasteiger partial charge in [0.1, 0.15) is 0 Å². The third kappa shape index (κ3) is 1.38. The smallest absolute Gasteiger partial charge is 0.160 e. The molecule has 0 amide bonds. The zero-order valence-corrected chi connectivity index (χ0v) is 8.39. The van der Waals surface area contributed by atoms with E-state index in [1.807, 2.05) is 0 Å². The van der Waals surface area contributed by atoms with Gasteiger partial charge in [-0.1, -0.05) is 6.42 Å². The quantitative estimate of drug-likeness (QED) is 0.717. The Balaban J connectivity index is 2.84. The molecule has 0 aromatic rings. The highest BCUT2D eigenvalue weighted by atomic mass is 32.2. The lowest BCUT2D eigenvalue weighted by Crippen LogP contribution is -2.45. The molecule has 1 saturated carbocycles. The lowest BCUT2D eigenvalue weighted by atomic mass is 10.00. The third-order valence-electron chi connectivity index (χ3n) is 2.64. The average Bonchev–Trinajstić information content (AvgIpc) is 1.82. The predicted octanol–water partition coefficient (Wildman–Crippen LogP) is 0.725. The molecule has 12 heavy (non-hydrogen) atoms. The molecule has 4 heteroatoms. The number of hydrogen-bond donors (Lipinski definition) is 1. The van der Waals surface area contributed by atoms with Gasteiger partial charge >= 0.3 is 0 Å². The van der Waals surface area contributed by atoms with Crippen LogP contribution in [0.5, 0.6) is 0 Å². The van der Waals surface area contributed by atoms with Crippen molar-refractivity contribution in [3.05, 3.63) is 0 Å². The highest BCUT2D eigenvalue weighted by Crippen LogP contribution is 2.33. The molecule has 72 valence electrons. The lowest BCUT2D eigenvalue weighted by Gasteiger charge is -2.33. The highest BCUT2D eigenvalue weighted by Gasteiger charge is 2.42. The second-order valence-electron chi connectivity index (χ2n) is 4.02. The highest BCUT2D eigenvalue weighted by molar-refractivity contribution is 7.93. The second kappa shape index (κ2) is 3.00. The molecular weight excluding hydrogens is 176 g/mol. The summed E-state index contributed by atoms with van der Waals surface area (Å²) in [5.74, 6) is 0. The number of hydrogen-bond acceptors (Lipinski definition) is 3. The molecule has 0 bridgehead atoms. The normalized spacial score (nSPS) is 20.6. The minimum absolute atomic E-state index is 0.195. The number of sulfone groups is 1. The van der Waals surface area contributed by atoms with Crippen molar-refractivity contribution in [2.24, 2.45) is 0 Å². The van der Waals surface area contributed by atoms with Crippen molar-refractivity contribution in [2.45, 2.75) is 43.1 Å². The van der Waals surface area contributed by atoms with Crippen LogP contribution in [0.1, 0.15) is 33.1 Å². The molecule has 0 spiro atoms. The minimum Gasteiger partial charge on any atom is -0.395 e. The topological polar surface area (TPSA) is 54.4 Å². The number of aliphatic hydroxyl groups excluding tert-OH is 1. The monoisotopic (exact) mass is 192 g/mol. The predicted molar refractivity (Wildman–Crippen MR) is 47.7 cm³/mol. The van der Waals surface area contributed by atoms with Crippen molar-refractivity contribution < 1.29 is 13.5 Å².